The Morgan fingerprint density at radius 2 is 1.95 bits per heavy atom. The second kappa shape index (κ2) is 6.76. The Morgan fingerprint density at radius 1 is 1.32 bits per heavy atom. The van der Waals surface area contributed by atoms with Gasteiger partial charge in [0.05, 0.1) is 6.54 Å². The number of carbonyl (C=O) groups excluding carboxylic acids is 1. The van der Waals surface area contributed by atoms with Crippen LogP contribution < -0.4 is 10.6 Å². The van der Waals surface area contributed by atoms with Crippen LogP contribution in [0.25, 0.3) is 0 Å². The predicted molar refractivity (Wildman–Crippen MR) is 75.9 cm³/mol. The number of aliphatic carboxylic acids is 1. The Kier molecular flexibility index (Phi) is 5.20. The molecule has 0 unspecified atom stereocenters. The molecule has 0 spiro atoms. The van der Waals surface area contributed by atoms with Crippen molar-refractivity contribution in [2.24, 2.45) is 5.92 Å². The van der Waals surface area contributed by atoms with Crippen LogP contribution in [0.4, 0.5) is 13.6 Å². The number of nitrogens with one attached hydrogen (secondary N) is 2. The van der Waals surface area contributed by atoms with E-state index in [1.54, 1.807) is 0 Å². The zero-order chi connectivity index (χ0) is 16.3. The van der Waals surface area contributed by atoms with Crippen molar-refractivity contribution in [2.45, 2.75) is 50.6 Å². The number of alkyl halides is 2. The van der Waals surface area contributed by atoms with E-state index in [1.807, 2.05) is 11.8 Å². The van der Waals surface area contributed by atoms with Gasteiger partial charge in [-0.3, -0.25) is 9.69 Å². The Labute approximate surface area is 128 Å². The third kappa shape index (κ3) is 4.53. The number of rotatable bonds is 7. The fourth-order valence-corrected chi connectivity index (χ4v) is 3.08. The number of nitrogens with zero attached hydrogens (tertiary/aromatic N) is 1. The van der Waals surface area contributed by atoms with Crippen molar-refractivity contribution in [1.29, 1.82) is 0 Å². The molecular weight excluding hydrogens is 296 g/mol. The van der Waals surface area contributed by atoms with Crippen LogP contribution >= 0.6 is 0 Å². The van der Waals surface area contributed by atoms with Crippen molar-refractivity contribution in [3.05, 3.63) is 0 Å². The minimum absolute atomic E-state index is 0.00990. The van der Waals surface area contributed by atoms with Gasteiger partial charge in [-0.1, -0.05) is 6.92 Å². The van der Waals surface area contributed by atoms with E-state index in [9.17, 15) is 18.4 Å². The van der Waals surface area contributed by atoms with Crippen LogP contribution in [0, 0.1) is 5.92 Å². The predicted octanol–water partition coefficient (Wildman–Crippen LogP) is 1.27. The molecule has 0 heterocycles. The first-order valence-electron chi connectivity index (χ1n) is 7.67. The molecule has 2 aliphatic carbocycles. The van der Waals surface area contributed by atoms with E-state index >= 15 is 0 Å². The number of carbonyl (C=O) groups is 2. The van der Waals surface area contributed by atoms with Crippen LogP contribution in [0.1, 0.15) is 32.6 Å². The molecule has 2 rings (SSSR count). The number of carboxylic acid groups (broad SMARTS) is 1. The summed E-state index contributed by atoms with van der Waals surface area (Å²) in [5.74, 6) is -3.55. The highest BCUT2D eigenvalue weighted by atomic mass is 19.3. The summed E-state index contributed by atoms with van der Waals surface area (Å²) in [6.07, 6.45) is 1.13. The van der Waals surface area contributed by atoms with Gasteiger partial charge in [-0.25, -0.2) is 13.6 Å². The van der Waals surface area contributed by atoms with E-state index in [0.717, 1.165) is 12.8 Å². The molecule has 2 fully saturated rings. The molecule has 0 aromatic heterocycles. The number of amides is 2. The average Bonchev–Trinajstić information content (AvgIpc) is 2.35. The molecule has 2 saturated carbocycles. The Balaban J connectivity index is 1.59. The van der Waals surface area contributed by atoms with Crippen LogP contribution in [0.15, 0.2) is 0 Å². The van der Waals surface area contributed by atoms with E-state index in [2.05, 4.69) is 10.6 Å². The SMILES string of the molecule is CCN(CC(=O)O)C1CC(NC(=O)NCC2CC(F)(F)C2)C1. The van der Waals surface area contributed by atoms with Gasteiger partial charge in [0, 0.05) is 31.5 Å². The average molecular weight is 319 g/mol. The molecule has 2 aliphatic rings. The maximum Gasteiger partial charge on any atom is 0.317 e. The lowest BCUT2D eigenvalue weighted by molar-refractivity contribution is -0.139. The van der Waals surface area contributed by atoms with Gasteiger partial charge >= 0.3 is 12.0 Å². The molecule has 0 aliphatic heterocycles. The van der Waals surface area contributed by atoms with Gasteiger partial charge in [0.1, 0.15) is 0 Å². The smallest absolute Gasteiger partial charge is 0.317 e. The molecule has 0 radical (unpaired) electrons. The topological polar surface area (TPSA) is 81.7 Å². The minimum Gasteiger partial charge on any atom is -0.480 e. The summed E-state index contributed by atoms with van der Waals surface area (Å²) in [6, 6.07) is -0.132. The summed E-state index contributed by atoms with van der Waals surface area (Å²) in [4.78, 5) is 24.3. The first-order chi connectivity index (χ1) is 10.3. The zero-order valence-electron chi connectivity index (χ0n) is 12.6. The van der Waals surface area contributed by atoms with Gasteiger partial charge in [0.25, 0.3) is 0 Å². The molecule has 22 heavy (non-hydrogen) atoms. The Hall–Kier alpha value is -1.44. The van der Waals surface area contributed by atoms with Crippen LogP contribution in [0.2, 0.25) is 0 Å². The second-order valence-corrected chi connectivity index (χ2v) is 6.26. The summed E-state index contributed by atoms with van der Waals surface area (Å²) in [5, 5.41) is 14.2. The number of likely N-dealkylation sites (N-methyl/N-ethyl adjacent to an activating group) is 1. The highest BCUT2D eigenvalue weighted by Crippen LogP contribution is 2.41. The first-order valence-corrected chi connectivity index (χ1v) is 7.67. The fraction of sp³-hybridized carbons (Fsp3) is 0.857. The highest BCUT2D eigenvalue weighted by molar-refractivity contribution is 5.74. The lowest BCUT2D eigenvalue weighted by atomic mass is 9.81. The van der Waals surface area contributed by atoms with Gasteiger partial charge < -0.3 is 15.7 Å². The van der Waals surface area contributed by atoms with Crippen molar-refractivity contribution < 1.29 is 23.5 Å². The first kappa shape index (κ1) is 16.9. The molecule has 0 aromatic rings. The van der Waals surface area contributed by atoms with Gasteiger partial charge in [-0.05, 0) is 25.3 Å². The molecular formula is C14H23F2N3O3. The van der Waals surface area contributed by atoms with E-state index < -0.39 is 11.9 Å². The largest absolute Gasteiger partial charge is 0.480 e. The van der Waals surface area contributed by atoms with E-state index in [4.69, 9.17) is 5.11 Å². The summed E-state index contributed by atoms with van der Waals surface area (Å²) in [5.41, 5.74) is 0. The van der Waals surface area contributed by atoms with Crippen molar-refractivity contribution in [3.8, 4) is 0 Å². The van der Waals surface area contributed by atoms with Crippen molar-refractivity contribution in [2.75, 3.05) is 19.6 Å². The van der Waals surface area contributed by atoms with Crippen LogP contribution in [-0.4, -0.2) is 59.6 Å². The number of urea groups is 1. The third-order valence-corrected chi connectivity index (χ3v) is 4.44. The molecule has 126 valence electrons. The van der Waals surface area contributed by atoms with Crippen molar-refractivity contribution in [3.63, 3.8) is 0 Å². The number of hydrogen-bond donors (Lipinski definition) is 3. The van der Waals surface area contributed by atoms with Gasteiger partial charge in [0.15, 0.2) is 0 Å². The van der Waals surface area contributed by atoms with Gasteiger partial charge in [-0.15, -0.1) is 0 Å². The Bertz CT molecular complexity index is 420. The molecule has 2 amide bonds. The number of carboxylic acids is 1. The van der Waals surface area contributed by atoms with Crippen molar-refractivity contribution in [1.82, 2.24) is 15.5 Å². The van der Waals surface area contributed by atoms with Crippen molar-refractivity contribution >= 4 is 12.0 Å². The van der Waals surface area contributed by atoms with E-state index in [-0.39, 0.29) is 50.0 Å². The van der Waals surface area contributed by atoms with Crippen LogP contribution in [0.5, 0.6) is 0 Å². The second-order valence-electron chi connectivity index (χ2n) is 6.26. The molecule has 0 atom stereocenters. The standard InChI is InChI=1S/C14H23F2N3O3/c1-2-19(8-12(20)21)11-3-10(4-11)18-13(22)17-7-9-5-14(15,16)6-9/h9-11H,2-8H2,1H3,(H,20,21)(H2,17,18,22). The normalized spacial score (nSPS) is 26.9. The molecule has 3 N–H and O–H groups in total. The summed E-state index contributed by atoms with van der Waals surface area (Å²) < 4.78 is 25.3. The molecule has 6 nitrogen and oxygen atoms in total. The molecule has 0 aromatic carbocycles. The maximum atomic E-state index is 12.7. The lowest BCUT2D eigenvalue weighted by Crippen LogP contribution is -2.56. The maximum absolute atomic E-state index is 12.7. The molecule has 0 bridgehead atoms. The summed E-state index contributed by atoms with van der Waals surface area (Å²) >= 11 is 0. The van der Waals surface area contributed by atoms with Gasteiger partial charge in [0.2, 0.25) is 5.92 Å². The van der Waals surface area contributed by atoms with E-state index in [1.165, 1.54) is 0 Å². The zero-order valence-corrected chi connectivity index (χ0v) is 12.6. The summed E-state index contributed by atoms with van der Waals surface area (Å²) in [7, 11) is 0. The van der Waals surface area contributed by atoms with E-state index in [0.29, 0.717) is 6.54 Å². The number of halogens is 2. The highest BCUT2D eigenvalue weighted by Gasteiger charge is 2.45. The molecule has 8 heteroatoms. The lowest BCUT2D eigenvalue weighted by Gasteiger charge is -2.42. The molecule has 0 saturated heterocycles. The number of hydrogen-bond acceptors (Lipinski definition) is 3. The van der Waals surface area contributed by atoms with Crippen LogP contribution in [-0.2, 0) is 4.79 Å². The minimum atomic E-state index is -2.56. The fourth-order valence-electron chi connectivity index (χ4n) is 3.08. The Morgan fingerprint density at radius 3 is 2.45 bits per heavy atom. The third-order valence-electron chi connectivity index (χ3n) is 4.44. The monoisotopic (exact) mass is 319 g/mol. The van der Waals surface area contributed by atoms with Crippen LogP contribution in [0.3, 0.4) is 0 Å². The van der Waals surface area contributed by atoms with Gasteiger partial charge in [-0.2, -0.15) is 0 Å². The quantitative estimate of drug-likeness (QED) is 0.660. The summed E-state index contributed by atoms with van der Waals surface area (Å²) in [6.45, 7) is 2.85.